The number of para-hydroxylation sites is 1. The third-order valence-electron chi connectivity index (χ3n) is 4.87. The molecule has 0 saturated carbocycles. The summed E-state index contributed by atoms with van der Waals surface area (Å²) in [6, 6.07) is 6.38. The lowest BCUT2D eigenvalue weighted by Crippen LogP contribution is -2.50. The van der Waals surface area contributed by atoms with Gasteiger partial charge in [-0.05, 0) is 44.7 Å². The summed E-state index contributed by atoms with van der Waals surface area (Å²) in [5, 5.41) is 3.74. The minimum Gasteiger partial charge on any atom is -0.446 e. The fourth-order valence-electron chi connectivity index (χ4n) is 3.86. The average Bonchev–Trinajstić information content (AvgIpc) is 2.89. The van der Waals surface area contributed by atoms with Gasteiger partial charge in [0, 0.05) is 23.5 Å². The van der Waals surface area contributed by atoms with Gasteiger partial charge in [0.15, 0.2) is 5.89 Å². The average molecular weight is 397 g/mol. The van der Waals surface area contributed by atoms with Crippen LogP contribution in [-0.2, 0) is 6.42 Å². The Hall–Kier alpha value is -2.76. The first-order valence-corrected chi connectivity index (χ1v) is 9.75. The lowest BCUT2D eigenvalue weighted by molar-refractivity contribution is 0.0874. The molecule has 5 nitrogen and oxygen atoms in total. The molecule has 0 aliphatic heterocycles. The van der Waals surface area contributed by atoms with Crippen molar-refractivity contribution in [3.8, 4) is 0 Å². The van der Waals surface area contributed by atoms with E-state index in [0.717, 1.165) is 17.9 Å². The quantitative estimate of drug-likeness (QED) is 0.647. The fourth-order valence-corrected chi connectivity index (χ4v) is 3.86. The van der Waals surface area contributed by atoms with Crippen molar-refractivity contribution in [3.05, 3.63) is 59.2 Å². The zero-order chi connectivity index (χ0) is 21.4. The molecule has 2 aromatic heterocycles. The summed E-state index contributed by atoms with van der Waals surface area (Å²) in [4.78, 5) is 21.7. The van der Waals surface area contributed by atoms with E-state index in [1.54, 1.807) is 18.2 Å². The third kappa shape index (κ3) is 5.00. The van der Waals surface area contributed by atoms with Crippen molar-refractivity contribution in [1.29, 1.82) is 0 Å². The van der Waals surface area contributed by atoms with E-state index in [1.807, 2.05) is 20.8 Å². The Morgan fingerprint density at radius 2 is 1.93 bits per heavy atom. The molecule has 0 aliphatic rings. The summed E-state index contributed by atoms with van der Waals surface area (Å²) >= 11 is 0. The van der Waals surface area contributed by atoms with Crippen LogP contribution in [-0.4, -0.2) is 21.4 Å². The Kier molecular flexibility index (Phi) is 5.48. The predicted octanol–water partition coefficient (Wildman–Crippen LogP) is 5.15. The van der Waals surface area contributed by atoms with Crippen LogP contribution >= 0.6 is 0 Å². The van der Waals surface area contributed by atoms with Gasteiger partial charge in [0.05, 0.1) is 11.3 Å². The van der Waals surface area contributed by atoms with Crippen molar-refractivity contribution in [1.82, 2.24) is 15.3 Å². The second-order valence-electron chi connectivity index (χ2n) is 9.21. The Bertz CT molecular complexity index is 1030. The Labute approximate surface area is 170 Å². The lowest BCUT2D eigenvalue weighted by Gasteiger charge is -2.36. The van der Waals surface area contributed by atoms with Gasteiger partial charge in [0.25, 0.3) is 5.91 Å². The molecule has 0 aliphatic carbocycles. The maximum atomic E-state index is 13.9. The number of pyridine rings is 1. The standard InChI is InChI=1S/C23H28FN3O2/c1-14-15(2)29-19(26-14)11-23(6,13-22(3,4)5)27-21(28)17-10-16-8-7-9-18(24)20(16)25-12-17/h7-10,12H,11,13H2,1-6H3,(H,27,28). The van der Waals surface area contributed by atoms with E-state index in [1.165, 1.54) is 12.3 Å². The number of rotatable bonds is 5. The number of amides is 1. The van der Waals surface area contributed by atoms with E-state index in [-0.39, 0.29) is 16.8 Å². The van der Waals surface area contributed by atoms with Crippen LogP contribution in [0.4, 0.5) is 4.39 Å². The molecule has 0 bridgehead atoms. The molecular formula is C23H28FN3O2. The molecular weight excluding hydrogens is 369 g/mol. The van der Waals surface area contributed by atoms with Crippen molar-refractivity contribution in [2.45, 2.75) is 59.9 Å². The minimum absolute atomic E-state index is 0.0243. The number of oxazole rings is 1. The van der Waals surface area contributed by atoms with Gasteiger partial charge in [-0.15, -0.1) is 0 Å². The van der Waals surface area contributed by atoms with E-state index in [4.69, 9.17) is 4.42 Å². The highest BCUT2D eigenvalue weighted by molar-refractivity contribution is 5.97. The SMILES string of the molecule is Cc1nc(CC(C)(CC(C)(C)C)NC(=O)c2cnc3c(F)cccc3c2)oc1C. The van der Waals surface area contributed by atoms with Gasteiger partial charge < -0.3 is 9.73 Å². The first-order chi connectivity index (χ1) is 13.5. The molecule has 3 aromatic rings. The molecule has 1 aromatic carbocycles. The summed E-state index contributed by atoms with van der Waals surface area (Å²) < 4.78 is 19.6. The van der Waals surface area contributed by atoms with Crippen LogP contribution in [0.2, 0.25) is 0 Å². The molecule has 3 rings (SSSR count). The van der Waals surface area contributed by atoms with Crippen LogP contribution in [0.25, 0.3) is 10.9 Å². The fraction of sp³-hybridized carbons (Fsp3) is 0.435. The Balaban J connectivity index is 1.89. The van der Waals surface area contributed by atoms with Crippen LogP contribution < -0.4 is 5.32 Å². The van der Waals surface area contributed by atoms with Crippen molar-refractivity contribution < 1.29 is 13.6 Å². The Morgan fingerprint density at radius 1 is 1.21 bits per heavy atom. The predicted molar refractivity (Wildman–Crippen MR) is 111 cm³/mol. The van der Waals surface area contributed by atoms with E-state index >= 15 is 0 Å². The number of fused-ring (bicyclic) bond motifs is 1. The molecule has 0 spiro atoms. The van der Waals surface area contributed by atoms with Crippen molar-refractivity contribution in [3.63, 3.8) is 0 Å². The maximum Gasteiger partial charge on any atom is 0.253 e. The second kappa shape index (κ2) is 7.58. The summed E-state index contributed by atoms with van der Waals surface area (Å²) in [6.45, 7) is 12.2. The minimum atomic E-state index is -0.573. The van der Waals surface area contributed by atoms with Gasteiger partial charge in [0.1, 0.15) is 17.1 Å². The number of hydrogen-bond donors (Lipinski definition) is 1. The molecule has 154 valence electrons. The number of aromatic nitrogens is 2. The molecule has 1 N–H and O–H groups in total. The highest BCUT2D eigenvalue weighted by atomic mass is 19.1. The van der Waals surface area contributed by atoms with Crippen LogP contribution in [0.5, 0.6) is 0 Å². The molecule has 0 radical (unpaired) electrons. The van der Waals surface area contributed by atoms with Crippen LogP contribution in [0.1, 0.15) is 61.8 Å². The monoisotopic (exact) mass is 397 g/mol. The van der Waals surface area contributed by atoms with Gasteiger partial charge in [-0.1, -0.05) is 32.9 Å². The summed E-state index contributed by atoms with van der Waals surface area (Å²) in [5.74, 6) is 0.730. The normalized spacial score (nSPS) is 14.0. The molecule has 0 fully saturated rings. The number of nitrogens with one attached hydrogen (secondary N) is 1. The third-order valence-corrected chi connectivity index (χ3v) is 4.87. The molecule has 0 saturated heterocycles. The maximum absolute atomic E-state index is 13.9. The van der Waals surface area contributed by atoms with Crippen molar-refractivity contribution in [2.75, 3.05) is 0 Å². The van der Waals surface area contributed by atoms with E-state index in [0.29, 0.717) is 23.3 Å². The first-order valence-electron chi connectivity index (χ1n) is 9.75. The number of halogens is 1. The zero-order valence-corrected chi connectivity index (χ0v) is 17.9. The number of aryl methyl sites for hydroxylation is 2. The molecule has 1 atom stereocenters. The van der Waals surface area contributed by atoms with E-state index in [2.05, 4.69) is 36.1 Å². The Morgan fingerprint density at radius 3 is 2.55 bits per heavy atom. The largest absolute Gasteiger partial charge is 0.446 e. The zero-order valence-electron chi connectivity index (χ0n) is 17.9. The van der Waals surface area contributed by atoms with Crippen LogP contribution in [0.3, 0.4) is 0 Å². The number of benzene rings is 1. The van der Waals surface area contributed by atoms with Gasteiger partial charge in [-0.3, -0.25) is 9.78 Å². The lowest BCUT2D eigenvalue weighted by atomic mass is 9.78. The molecule has 1 unspecified atom stereocenters. The molecule has 6 heteroatoms. The number of carbonyl (C=O) groups is 1. The summed E-state index contributed by atoms with van der Waals surface area (Å²) in [5.41, 5.74) is 0.903. The molecule has 1 amide bonds. The van der Waals surface area contributed by atoms with E-state index in [9.17, 15) is 9.18 Å². The van der Waals surface area contributed by atoms with Crippen molar-refractivity contribution in [2.24, 2.45) is 5.41 Å². The summed E-state index contributed by atoms with van der Waals surface area (Å²) in [7, 11) is 0. The topological polar surface area (TPSA) is 68.0 Å². The van der Waals surface area contributed by atoms with Gasteiger partial charge in [-0.25, -0.2) is 9.37 Å². The van der Waals surface area contributed by atoms with Gasteiger partial charge in [-0.2, -0.15) is 0 Å². The number of hydrogen-bond acceptors (Lipinski definition) is 4. The number of nitrogens with zero attached hydrogens (tertiary/aromatic N) is 2. The van der Waals surface area contributed by atoms with Crippen molar-refractivity contribution >= 4 is 16.8 Å². The second-order valence-corrected chi connectivity index (χ2v) is 9.21. The van der Waals surface area contributed by atoms with Gasteiger partial charge >= 0.3 is 0 Å². The number of carbonyl (C=O) groups excluding carboxylic acids is 1. The molecule has 29 heavy (non-hydrogen) atoms. The highest BCUT2D eigenvalue weighted by Gasteiger charge is 2.34. The first kappa shape index (κ1) is 21.0. The highest BCUT2D eigenvalue weighted by Crippen LogP contribution is 2.30. The summed E-state index contributed by atoms with van der Waals surface area (Å²) in [6.07, 6.45) is 2.61. The smallest absolute Gasteiger partial charge is 0.253 e. The van der Waals surface area contributed by atoms with Crippen LogP contribution in [0.15, 0.2) is 34.9 Å². The van der Waals surface area contributed by atoms with Crippen LogP contribution in [0, 0.1) is 25.1 Å². The van der Waals surface area contributed by atoms with Gasteiger partial charge in [0.2, 0.25) is 0 Å². The van der Waals surface area contributed by atoms with E-state index < -0.39 is 11.4 Å². The molecule has 2 heterocycles.